The first kappa shape index (κ1) is 14.3. The summed E-state index contributed by atoms with van der Waals surface area (Å²) in [5.74, 6) is 0.191. The summed E-state index contributed by atoms with van der Waals surface area (Å²) >= 11 is 0. The van der Waals surface area contributed by atoms with E-state index in [2.05, 4.69) is 22.5 Å². The molecule has 1 fully saturated rings. The third-order valence-electron chi connectivity index (χ3n) is 3.88. The minimum absolute atomic E-state index is 0.0582. The van der Waals surface area contributed by atoms with Crippen LogP contribution in [0.4, 0.5) is 4.79 Å². The number of rotatable bonds is 7. The predicted molar refractivity (Wildman–Crippen MR) is 74.9 cm³/mol. The van der Waals surface area contributed by atoms with E-state index in [0.717, 1.165) is 25.6 Å². The molecule has 1 saturated carbocycles. The van der Waals surface area contributed by atoms with Crippen molar-refractivity contribution in [2.24, 2.45) is 5.92 Å². The fourth-order valence-electron chi connectivity index (χ4n) is 2.59. The van der Waals surface area contributed by atoms with Crippen LogP contribution in [0, 0.1) is 5.92 Å². The van der Waals surface area contributed by atoms with Gasteiger partial charge in [-0.05, 0) is 25.8 Å². The molecule has 5 heteroatoms. The summed E-state index contributed by atoms with van der Waals surface area (Å²) in [5, 5.41) is 14.8. The van der Waals surface area contributed by atoms with Gasteiger partial charge in [-0.25, -0.2) is 4.79 Å². The van der Waals surface area contributed by atoms with Crippen LogP contribution in [0.3, 0.4) is 0 Å². The number of carbonyl (C=O) groups is 1. The van der Waals surface area contributed by atoms with Gasteiger partial charge in [0.2, 0.25) is 0 Å². The second-order valence-electron chi connectivity index (χ2n) is 5.43. The van der Waals surface area contributed by atoms with Crippen LogP contribution < -0.4 is 10.6 Å². The first-order valence-electron chi connectivity index (χ1n) is 7.30. The molecule has 3 N–H and O–H groups in total. The average molecular weight is 267 g/mol. The van der Waals surface area contributed by atoms with E-state index in [0.29, 0.717) is 6.54 Å². The molecule has 2 aliphatic carbocycles. The highest BCUT2D eigenvalue weighted by Gasteiger charge is 2.27. The molecule has 0 heterocycles. The maximum Gasteiger partial charge on any atom is 0.315 e. The maximum absolute atomic E-state index is 11.7. The van der Waals surface area contributed by atoms with Crippen LogP contribution in [0.5, 0.6) is 0 Å². The molecule has 0 aromatic carbocycles. The summed E-state index contributed by atoms with van der Waals surface area (Å²) in [6, 6.07) is 0.695. The van der Waals surface area contributed by atoms with Gasteiger partial charge in [0, 0.05) is 37.7 Å². The summed E-state index contributed by atoms with van der Waals surface area (Å²) in [4.78, 5) is 14.1. The summed E-state index contributed by atoms with van der Waals surface area (Å²) in [6.07, 6.45) is 7.33. The molecule has 2 rings (SSSR count). The highest BCUT2D eigenvalue weighted by atomic mass is 16.3. The Labute approximate surface area is 115 Å². The Morgan fingerprint density at radius 2 is 2.21 bits per heavy atom. The van der Waals surface area contributed by atoms with Crippen LogP contribution in [0.25, 0.3) is 0 Å². The zero-order valence-electron chi connectivity index (χ0n) is 11.6. The van der Waals surface area contributed by atoms with Crippen LogP contribution in [0.2, 0.25) is 0 Å². The van der Waals surface area contributed by atoms with E-state index in [-0.39, 0.29) is 24.6 Å². The van der Waals surface area contributed by atoms with E-state index in [9.17, 15) is 4.79 Å². The minimum atomic E-state index is -0.111. The summed E-state index contributed by atoms with van der Waals surface area (Å²) in [7, 11) is 0. The molecule has 0 radical (unpaired) electrons. The Balaban J connectivity index is 1.58. The molecular weight excluding hydrogens is 242 g/mol. The first-order valence-corrected chi connectivity index (χ1v) is 7.30. The van der Waals surface area contributed by atoms with Crippen molar-refractivity contribution in [3.63, 3.8) is 0 Å². The Bertz CT molecular complexity index is 329. The van der Waals surface area contributed by atoms with Gasteiger partial charge in [0.25, 0.3) is 0 Å². The van der Waals surface area contributed by atoms with E-state index in [1.807, 2.05) is 12.2 Å². The summed E-state index contributed by atoms with van der Waals surface area (Å²) < 4.78 is 0. The normalized spacial score (nSPS) is 25.8. The van der Waals surface area contributed by atoms with Crippen molar-refractivity contribution in [1.29, 1.82) is 0 Å². The monoisotopic (exact) mass is 267 g/mol. The molecule has 2 amide bonds. The number of aliphatic hydroxyl groups is 1. The van der Waals surface area contributed by atoms with Crippen molar-refractivity contribution < 1.29 is 9.90 Å². The molecule has 0 bridgehead atoms. The third-order valence-corrected chi connectivity index (χ3v) is 3.88. The lowest BCUT2D eigenvalue weighted by Crippen LogP contribution is -2.44. The van der Waals surface area contributed by atoms with Gasteiger partial charge in [-0.3, -0.25) is 4.90 Å². The standard InChI is InChI=1S/C14H25N3O2/c1-2-17(13-5-6-13)8-7-15-14(19)16-12-4-3-11(9-12)10-18/h3-4,11-13,18H,2,5-10H2,1H3,(H2,15,16,19)/t11-,12+/m0/s1. The Hall–Kier alpha value is -1.07. The van der Waals surface area contributed by atoms with Crippen molar-refractivity contribution in [2.75, 3.05) is 26.2 Å². The average Bonchev–Trinajstić information content (AvgIpc) is 3.15. The third kappa shape index (κ3) is 4.51. The van der Waals surface area contributed by atoms with E-state index in [1.165, 1.54) is 12.8 Å². The Kier molecular flexibility index (Phi) is 5.22. The van der Waals surface area contributed by atoms with Crippen LogP contribution in [0.1, 0.15) is 26.2 Å². The number of urea groups is 1. The number of nitrogens with one attached hydrogen (secondary N) is 2. The van der Waals surface area contributed by atoms with E-state index < -0.39 is 0 Å². The second-order valence-corrected chi connectivity index (χ2v) is 5.43. The maximum atomic E-state index is 11.7. The number of aliphatic hydroxyl groups excluding tert-OH is 1. The molecule has 0 unspecified atom stereocenters. The summed E-state index contributed by atoms with van der Waals surface area (Å²) in [5.41, 5.74) is 0. The van der Waals surface area contributed by atoms with Crippen molar-refractivity contribution in [3.05, 3.63) is 12.2 Å². The topological polar surface area (TPSA) is 64.6 Å². The number of nitrogens with zero attached hydrogens (tertiary/aromatic N) is 1. The molecule has 0 saturated heterocycles. The number of hydrogen-bond donors (Lipinski definition) is 3. The predicted octanol–water partition coefficient (Wildman–Crippen LogP) is 0.707. The van der Waals surface area contributed by atoms with E-state index >= 15 is 0 Å². The van der Waals surface area contributed by atoms with Crippen LogP contribution in [0.15, 0.2) is 12.2 Å². The molecule has 19 heavy (non-hydrogen) atoms. The summed E-state index contributed by atoms with van der Waals surface area (Å²) in [6.45, 7) is 4.99. The fourth-order valence-corrected chi connectivity index (χ4v) is 2.59. The first-order chi connectivity index (χ1) is 9.22. The highest BCUT2D eigenvalue weighted by Crippen LogP contribution is 2.25. The van der Waals surface area contributed by atoms with Crippen molar-refractivity contribution in [2.45, 2.75) is 38.3 Å². The molecule has 2 atom stereocenters. The van der Waals surface area contributed by atoms with Gasteiger partial charge in [0.15, 0.2) is 0 Å². The lowest BCUT2D eigenvalue weighted by molar-refractivity contribution is 0.227. The largest absolute Gasteiger partial charge is 0.396 e. The zero-order chi connectivity index (χ0) is 13.7. The second kappa shape index (κ2) is 6.91. The van der Waals surface area contributed by atoms with Gasteiger partial charge in [-0.1, -0.05) is 19.1 Å². The molecule has 2 aliphatic rings. The fraction of sp³-hybridized carbons (Fsp3) is 0.786. The van der Waals surface area contributed by atoms with Crippen molar-refractivity contribution >= 4 is 6.03 Å². The molecule has 0 aromatic heterocycles. The quantitative estimate of drug-likeness (QED) is 0.595. The van der Waals surface area contributed by atoms with E-state index in [1.54, 1.807) is 0 Å². The lowest BCUT2D eigenvalue weighted by Gasteiger charge is -2.20. The zero-order valence-corrected chi connectivity index (χ0v) is 11.6. The van der Waals surface area contributed by atoms with Crippen LogP contribution in [-0.4, -0.2) is 54.4 Å². The molecular formula is C14H25N3O2. The van der Waals surface area contributed by atoms with Gasteiger partial charge in [0.05, 0.1) is 0 Å². The number of likely N-dealkylation sites (N-methyl/N-ethyl adjacent to an activating group) is 1. The lowest BCUT2D eigenvalue weighted by atomic mass is 10.1. The number of amides is 2. The van der Waals surface area contributed by atoms with Gasteiger partial charge in [-0.2, -0.15) is 0 Å². The molecule has 5 nitrogen and oxygen atoms in total. The molecule has 0 aliphatic heterocycles. The SMILES string of the molecule is CCN(CCNC(=O)N[C@@H]1C=C[C@H](CO)C1)C1CC1. The van der Waals surface area contributed by atoms with Gasteiger partial charge in [0.1, 0.15) is 0 Å². The van der Waals surface area contributed by atoms with Crippen molar-refractivity contribution in [3.8, 4) is 0 Å². The molecule has 108 valence electrons. The number of carbonyl (C=O) groups excluding carboxylic acids is 1. The van der Waals surface area contributed by atoms with Crippen LogP contribution in [-0.2, 0) is 0 Å². The Morgan fingerprint density at radius 3 is 2.79 bits per heavy atom. The Morgan fingerprint density at radius 1 is 1.42 bits per heavy atom. The smallest absolute Gasteiger partial charge is 0.315 e. The van der Waals surface area contributed by atoms with Crippen molar-refractivity contribution in [1.82, 2.24) is 15.5 Å². The molecule has 0 aromatic rings. The van der Waals surface area contributed by atoms with Crippen LogP contribution >= 0.6 is 0 Å². The number of hydrogen-bond acceptors (Lipinski definition) is 3. The van der Waals surface area contributed by atoms with Gasteiger partial charge < -0.3 is 15.7 Å². The molecule has 0 spiro atoms. The minimum Gasteiger partial charge on any atom is -0.396 e. The highest BCUT2D eigenvalue weighted by molar-refractivity contribution is 5.74. The van der Waals surface area contributed by atoms with E-state index in [4.69, 9.17) is 5.11 Å². The van der Waals surface area contributed by atoms with Gasteiger partial charge in [-0.15, -0.1) is 0 Å². The van der Waals surface area contributed by atoms with Gasteiger partial charge >= 0.3 is 6.03 Å².